The Morgan fingerprint density at radius 1 is 1.10 bits per heavy atom. The smallest absolute Gasteiger partial charge is 0.257 e. The van der Waals surface area contributed by atoms with Crippen LogP contribution < -0.4 is 15.5 Å². The second kappa shape index (κ2) is 10.0. The lowest BCUT2D eigenvalue weighted by atomic mass is 10.1. The molecule has 0 bridgehead atoms. The number of benzene rings is 1. The maximum absolute atomic E-state index is 12.8. The van der Waals surface area contributed by atoms with Gasteiger partial charge in [0, 0.05) is 32.0 Å². The highest BCUT2D eigenvalue weighted by molar-refractivity contribution is 6.07. The average Bonchev–Trinajstić information content (AvgIpc) is 2.74. The molecular weight excluding hydrogens is 368 g/mol. The first-order chi connectivity index (χ1) is 14.0. The Labute approximate surface area is 171 Å². The molecule has 154 valence electrons. The molecule has 1 aliphatic heterocycles. The molecule has 7 nitrogen and oxygen atoms in total. The molecule has 0 atom stereocenters. The van der Waals surface area contributed by atoms with Crippen LogP contribution in [0.1, 0.15) is 41.0 Å². The number of amides is 2. The summed E-state index contributed by atoms with van der Waals surface area (Å²) in [5, 5.41) is 5.82. The van der Waals surface area contributed by atoms with Gasteiger partial charge in [-0.15, -0.1) is 0 Å². The van der Waals surface area contributed by atoms with Gasteiger partial charge in [0.25, 0.3) is 11.8 Å². The van der Waals surface area contributed by atoms with Gasteiger partial charge in [0.15, 0.2) is 0 Å². The fourth-order valence-electron chi connectivity index (χ4n) is 3.12. The number of nitrogens with one attached hydrogen (secondary N) is 2. The number of para-hydroxylation sites is 2. The van der Waals surface area contributed by atoms with Crippen LogP contribution in [0.25, 0.3) is 0 Å². The molecular formula is C22H28N4O3. The number of aromatic nitrogens is 1. The van der Waals surface area contributed by atoms with Crippen molar-refractivity contribution in [3.05, 3.63) is 53.9 Å². The van der Waals surface area contributed by atoms with Crippen molar-refractivity contribution in [1.82, 2.24) is 10.3 Å². The van der Waals surface area contributed by atoms with E-state index in [1.165, 1.54) is 12.4 Å². The predicted molar refractivity (Wildman–Crippen MR) is 113 cm³/mol. The van der Waals surface area contributed by atoms with Crippen molar-refractivity contribution in [2.75, 3.05) is 43.1 Å². The molecule has 0 spiro atoms. The Bertz CT molecular complexity index is 847. The summed E-state index contributed by atoms with van der Waals surface area (Å²) in [7, 11) is 0. The van der Waals surface area contributed by atoms with Gasteiger partial charge in [0.05, 0.1) is 35.7 Å². The fourth-order valence-corrected chi connectivity index (χ4v) is 3.12. The molecule has 29 heavy (non-hydrogen) atoms. The first-order valence-corrected chi connectivity index (χ1v) is 10.0. The molecule has 2 heterocycles. The van der Waals surface area contributed by atoms with Crippen LogP contribution in [0, 0.1) is 5.92 Å². The summed E-state index contributed by atoms with van der Waals surface area (Å²) in [6.45, 7) is 7.70. The molecule has 0 radical (unpaired) electrons. The molecule has 0 aliphatic carbocycles. The third-order valence-electron chi connectivity index (χ3n) is 4.77. The lowest BCUT2D eigenvalue weighted by Gasteiger charge is -2.30. The number of nitrogens with zero attached hydrogens (tertiary/aromatic N) is 2. The van der Waals surface area contributed by atoms with E-state index in [0.29, 0.717) is 36.8 Å². The van der Waals surface area contributed by atoms with Gasteiger partial charge in [-0.25, -0.2) is 0 Å². The van der Waals surface area contributed by atoms with Gasteiger partial charge in [-0.1, -0.05) is 26.0 Å². The molecule has 1 aromatic carbocycles. The number of carbonyl (C=O) groups excluding carboxylic acids is 2. The summed E-state index contributed by atoms with van der Waals surface area (Å²) in [5.74, 6) is -0.00590. The number of ether oxygens (including phenoxy) is 1. The van der Waals surface area contributed by atoms with Crippen LogP contribution in [0.15, 0.2) is 42.7 Å². The van der Waals surface area contributed by atoms with Crippen molar-refractivity contribution >= 4 is 23.2 Å². The molecule has 7 heteroatoms. The van der Waals surface area contributed by atoms with E-state index in [0.717, 1.165) is 30.9 Å². The topological polar surface area (TPSA) is 83.6 Å². The maximum Gasteiger partial charge on any atom is 0.257 e. The predicted octanol–water partition coefficient (Wildman–Crippen LogP) is 2.95. The summed E-state index contributed by atoms with van der Waals surface area (Å²) in [5.41, 5.74) is 2.41. The maximum atomic E-state index is 12.8. The minimum Gasteiger partial charge on any atom is -0.378 e. The van der Waals surface area contributed by atoms with Crippen molar-refractivity contribution < 1.29 is 14.3 Å². The third-order valence-corrected chi connectivity index (χ3v) is 4.77. The Morgan fingerprint density at radius 3 is 2.52 bits per heavy atom. The minimum absolute atomic E-state index is 0.221. The minimum atomic E-state index is -0.296. The van der Waals surface area contributed by atoms with Crippen molar-refractivity contribution in [2.45, 2.75) is 20.3 Å². The first kappa shape index (κ1) is 20.8. The SMILES string of the molecule is CC(C)CCNC(=O)c1cncc(C(=O)Nc2ccccc2N2CCOCC2)c1. The van der Waals surface area contributed by atoms with Crippen LogP contribution in [0.4, 0.5) is 11.4 Å². The molecule has 0 unspecified atom stereocenters. The van der Waals surface area contributed by atoms with E-state index in [1.54, 1.807) is 6.07 Å². The van der Waals surface area contributed by atoms with Crippen LogP contribution in [0.3, 0.4) is 0 Å². The second-order valence-corrected chi connectivity index (χ2v) is 7.47. The molecule has 3 rings (SSSR count). The molecule has 1 fully saturated rings. The van der Waals surface area contributed by atoms with E-state index in [2.05, 4.69) is 34.4 Å². The van der Waals surface area contributed by atoms with Gasteiger partial charge < -0.3 is 20.3 Å². The number of rotatable bonds is 7. The molecule has 1 aromatic heterocycles. The molecule has 2 aromatic rings. The van der Waals surface area contributed by atoms with Crippen molar-refractivity contribution in [3.8, 4) is 0 Å². The lowest BCUT2D eigenvalue weighted by molar-refractivity contribution is 0.0951. The molecule has 2 amide bonds. The molecule has 0 saturated carbocycles. The Kier molecular flexibility index (Phi) is 7.19. The normalized spacial score (nSPS) is 14.0. The van der Waals surface area contributed by atoms with E-state index >= 15 is 0 Å². The molecule has 2 N–H and O–H groups in total. The monoisotopic (exact) mass is 396 g/mol. The van der Waals surface area contributed by atoms with Gasteiger partial charge in [0.2, 0.25) is 0 Å². The van der Waals surface area contributed by atoms with Gasteiger partial charge in [0.1, 0.15) is 0 Å². The van der Waals surface area contributed by atoms with E-state index < -0.39 is 0 Å². The highest BCUT2D eigenvalue weighted by Gasteiger charge is 2.17. The van der Waals surface area contributed by atoms with Gasteiger partial charge in [-0.05, 0) is 30.5 Å². The summed E-state index contributed by atoms with van der Waals surface area (Å²) >= 11 is 0. The number of pyridine rings is 1. The van der Waals surface area contributed by atoms with Crippen molar-refractivity contribution in [1.29, 1.82) is 0 Å². The van der Waals surface area contributed by atoms with Crippen LogP contribution in [0.5, 0.6) is 0 Å². The van der Waals surface area contributed by atoms with E-state index in [-0.39, 0.29) is 11.8 Å². The zero-order valence-electron chi connectivity index (χ0n) is 17.0. The zero-order chi connectivity index (χ0) is 20.6. The number of carbonyl (C=O) groups is 2. The van der Waals surface area contributed by atoms with Gasteiger partial charge in [-0.2, -0.15) is 0 Å². The van der Waals surface area contributed by atoms with Crippen LogP contribution in [-0.4, -0.2) is 49.6 Å². The number of hydrogen-bond donors (Lipinski definition) is 2. The van der Waals surface area contributed by atoms with Gasteiger partial charge >= 0.3 is 0 Å². The fraction of sp³-hybridized carbons (Fsp3) is 0.409. The van der Waals surface area contributed by atoms with Crippen molar-refractivity contribution in [2.24, 2.45) is 5.92 Å². The Morgan fingerprint density at radius 2 is 1.79 bits per heavy atom. The Hall–Kier alpha value is -2.93. The third kappa shape index (κ3) is 5.77. The summed E-state index contributed by atoms with van der Waals surface area (Å²) < 4.78 is 5.41. The number of morpholine rings is 1. The summed E-state index contributed by atoms with van der Waals surface area (Å²) in [4.78, 5) is 31.4. The molecule has 1 aliphatic rings. The highest BCUT2D eigenvalue weighted by Crippen LogP contribution is 2.26. The lowest BCUT2D eigenvalue weighted by Crippen LogP contribution is -2.36. The van der Waals surface area contributed by atoms with Crippen molar-refractivity contribution in [3.63, 3.8) is 0 Å². The Balaban J connectivity index is 1.69. The average molecular weight is 396 g/mol. The van der Waals surface area contributed by atoms with E-state index in [1.807, 2.05) is 24.3 Å². The standard InChI is InChI=1S/C22H28N4O3/c1-16(2)7-8-24-21(27)17-13-18(15-23-14-17)22(28)25-19-5-3-4-6-20(19)26-9-11-29-12-10-26/h3-6,13-16H,7-12H2,1-2H3,(H,24,27)(H,25,28). The number of hydrogen-bond acceptors (Lipinski definition) is 5. The molecule has 1 saturated heterocycles. The first-order valence-electron chi connectivity index (χ1n) is 10.0. The summed E-state index contributed by atoms with van der Waals surface area (Å²) in [6.07, 6.45) is 3.85. The van der Waals surface area contributed by atoms with Crippen LogP contribution in [0.2, 0.25) is 0 Å². The number of anilines is 2. The quantitative estimate of drug-likeness (QED) is 0.752. The van der Waals surface area contributed by atoms with Crippen LogP contribution >= 0.6 is 0 Å². The largest absolute Gasteiger partial charge is 0.378 e. The van der Waals surface area contributed by atoms with E-state index in [4.69, 9.17) is 4.74 Å². The second-order valence-electron chi connectivity index (χ2n) is 7.47. The van der Waals surface area contributed by atoms with Crippen LogP contribution in [-0.2, 0) is 4.74 Å². The van der Waals surface area contributed by atoms with E-state index in [9.17, 15) is 9.59 Å². The van der Waals surface area contributed by atoms with Gasteiger partial charge in [-0.3, -0.25) is 14.6 Å². The zero-order valence-corrected chi connectivity index (χ0v) is 17.0. The highest BCUT2D eigenvalue weighted by atomic mass is 16.5. The summed E-state index contributed by atoms with van der Waals surface area (Å²) in [6, 6.07) is 9.27.